The molecule has 2 rings (SSSR count). The van der Waals surface area contributed by atoms with E-state index in [0.29, 0.717) is 23.7 Å². The molecule has 1 unspecified atom stereocenters. The summed E-state index contributed by atoms with van der Waals surface area (Å²) in [5.74, 6) is -0.0662. The average molecular weight is 257 g/mol. The van der Waals surface area contributed by atoms with Crippen LogP contribution in [0.4, 0.5) is 0 Å². The van der Waals surface area contributed by atoms with Gasteiger partial charge in [0, 0.05) is 18.2 Å². The Morgan fingerprint density at radius 3 is 2.79 bits per heavy atom. The van der Waals surface area contributed by atoms with E-state index >= 15 is 0 Å². The molecule has 1 fully saturated rings. The molecule has 4 nitrogen and oxygen atoms in total. The highest BCUT2D eigenvalue weighted by atomic mass is 16.1. The van der Waals surface area contributed by atoms with E-state index in [0.717, 1.165) is 13.0 Å². The van der Waals surface area contributed by atoms with Gasteiger partial charge in [0.2, 0.25) is 0 Å². The Kier molecular flexibility index (Phi) is 4.53. The Morgan fingerprint density at radius 2 is 2.16 bits per heavy atom. The van der Waals surface area contributed by atoms with E-state index in [4.69, 9.17) is 5.26 Å². The topological polar surface area (TPSA) is 56.1 Å². The summed E-state index contributed by atoms with van der Waals surface area (Å²) in [6, 6.07) is 9.21. The van der Waals surface area contributed by atoms with Gasteiger partial charge >= 0.3 is 0 Å². The predicted molar refractivity (Wildman–Crippen MR) is 73.8 cm³/mol. The second-order valence-corrected chi connectivity index (χ2v) is 5.03. The van der Waals surface area contributed by atoms with Gasteiger partial charge in [0.05, 0.1) is 11.6 Å². The van der Waals surface area contributed by atoms with E-state index in [1.165, 1.54) is 12.8 Å². The van der Waals surface area contributed by atoms with E-state index in [-0.39, 0.29) is 5.91 Å². The fourth-order valence-electron chi connectivity index (χ4n) is 2.41. The minimum absolute atomic E-state index is 0.0662. The summed E-state index contributed by atoms with van der Waals surface area (Å²) in [5.41, 5.74) is 1.18. The van der Waals surface area contributed by atoms with Crippen molar-refractivity contribution in [2.75, 3.05) is 20.1 Å². The number of likely N-dealkylation sites (tertiary alicyclic amines) is 1. The number of hydrogen-bond donors (Lipinski definition) is 1. The molecule has 1 saturated heterocycles. The molecule has 1 amide bonds. The van der Waals surface area contributed by atoms with Crippen molar-refractivity contribution in [1.82, 2.24) is 10.2 Å². The van der Waals surface area contributed by atoms with Crippen LogP contribution in [0.3, 0.4) is 0 Å². The van der Waals surface area contributed by atoms with Crippen molar-refractivity contribution in [3.63, 3.8) is 0 Å². The number of nitrogens with one attached hydrogen (secondary N) is 1. The average Bonchev–Trinajstić information content (AvgIpc) is 2.46. The lowest BCUT2D eigenvalue weighted by molar-refractivity contribution is 0.0928. The molecule has 100 valence electrons. The van der Waals surface area contributed by atoms with Gasteiger partial charge in [-0.15, -0.1) is 0 Å². The smallest absolute Gasteiger partial charge is 0.251 e. The van der Waals surface area contributed by atoms with E-state index in [9.17, 15) is 4.79 Å². The normalized spacial score (nSPS) is 19.7. The summed E-state index contributed by atoms with van der Waals surface area (Å²) in [6.07, 6.45) is 3.63. The Morgan fingerprint density at radius 1 is 1.42 bits per heavy atom. The summed E-state index contributed by atoms with van der Waals surface area (Å²) in [4.78, 5) is 14.3. The maximum Gasteiger partial charge on any atom is 0.251 e. The first-order valence-electron chi connectivity index (χ1n) is 6.69. The summed E-state index contributed by atoms with van der Waals surface area (Å²) in [6.45, 7) is 1.80. The van der Waals surface area contributed by atoms with E-state index in [1.807, 2.05) is 6.07 Å². The number of nitriles is 1. The molecule has 4 heteroatoms. The molecule has 0 aliphatic carbocycles. The largest absolute Gasteiger partial charge is 0.350 e. The zero-order valence-corrected chi connectivity index (χ0v) is 11.2. The van der Waals surface area contributed by atoms with Crippen molar-refractivity contribution in [1.29, 1.82) is 5.26 Å². The van der Waals surface area contributed by atoms with Gasteiger partial charge in [-0.3, -0.25) is 4.79 Å². The Labute approximate surface area is 114 Å². The third-order valence-corrected chi connectivity index (χ3v) is 3.70. The van der Waals surface area contributed by atoms with Crippen molar-refractivity contribution < 1.29 is 4.79 Å². The van der Waals surface area contributed by atoms with Gasteiger partial charge in [0.1, 0.15) is 0 Å². The zero-order chi connectivity index (χ0) is 13.7. The highest BCUT2D eigenvalue weighted by Crippen LogP contribution is 2.14. The standard InChI is InChI=1S/C15H19N3O/c1-18-9-3-2-4-14(18)11-17-15(19)13-7-5-12(10-16)6-8-13/h5-8,14H,2-4,9,11H2,1H3,(H,17,19). The quantitative estimate of drug-likeness (QED) is 0.898. The molecule has 1 N–H and O–H groups in total. The van der Waals surface area contributed by atoms with Gasteiger partial charge in [-0.25, -0.2) is 0 Å². The first-order chi connectivity index (χ1) is 9.20. The molecule has 0 bridgehead atoms. The number of nitrogens with zero attached hydrogens (tertiary/aromatic N) is 2. The molecule has 1 aliphatic rings. The molecule has 0 aromatic heterocycles. The van der Waals surface area contributed by atoms with Gasteiger partial charge < -0.3 is 10.2 Å². The Balaban J connectivity index is 1.88. The monoisotopic (exact) mass is 257 g/mol. The first kappa shape index (κ1) is 13.6. The Bertz CT molecular complexity index is 475. The van der Waals surface area contributed by atoms with Crippen molar-refractivity contribution in [3.05, 3.63) is 35.4 Å². The van der Waals surface area contributed by atoms with Gasteiger partial charge in [-0.1, -0.05) is 6.42 Å². The Hall–Kier alpha value is -1.86. The molecule has 0 saturated carbocycles. The van der Waals surface area contributed by atoms with E-state index < -0.39 is 0 Å². The zero-order valence-electron chi connectivity index (χ0n) is 11.2. The van der Waals surface area contributed by atoms with Gasteiger partial charge in [-0.2, -0.15) is 5.26 Å². The highest BCUT2D eigenvalue weighted by Gasteiger charge is 2.19. The lowest BCUT2D eigenvalue weighted by atomic mass is 10.0. The van der Waals surface area contributed by atoms with Crippen molar-refractivity contribution in [3.8, 4) is 6.07 Å². The SMILES string of the molecule is CN1CCCCC1CNC(=O)c1ccc(C#N)cc1. The van der Waals surface area contributed by atoms with Crippen LogP contribution >= 0.6 is 0 Å². The van der Waals surface area contributed by atoms with Gasteiger partial charge in [-0.05, 0) is 50.7 Å². The summed E-state index contributed by atoms with van der Waals surface area (Å²) in [7, 11) is 2.11. The van der Waals surface area contributed by atoms with Crippen LogP contribution in [0.5, 0.6) is 0 Å². The van der Waals surface area contributed by atoms with Crippen LogP contribution in [-0.2, 0) is 0 Å². The third kappa shape index (κ3) is 3.55. The number of amides is 1. The van der Waals surface area contributed by atoms with Crippen LogP contribution in [0.2, 0.25) is 0 Å². The van der Waals surface area contributed by atoms with Crippen LogP contribution in [-0.4, -0.2) is 37.0 Å². The molecule has 1 aliphatic heterocycles. The van der Waals surface area contributed by atoms with Crippen LogP contribution in [0, 0.1) is 11.3 Å². The molecule has 1 aromatic carbocycles. The first-order valence-corrected chi connectivity index (χ1v) is 6.69. The number of benzene rings is 1. The molecule has 0 radical (unpaired) electrons. The van der Waals surface area contributed by atoms with Crippen LogP contribution in [0.15, 0.2) is 24.3 Å². The van der Waals surface area contributed by atoms with Gasteiger partial charge in [0.25, 0.3) is 5.91 Å². The highest BCUT2D eigenvalue weighted by molar-refractivity contribution is 5.94. The van der Waals surface area contributed by atoms with E-state index in [1.54, 1.807) is 24.3 Å². The van der Waals surface area contributed by atoms with Crippen LogP contribution in [0.1, 0.15) is 35.2 Å². The fraction of sp³-hybridized carbons (Fsp3) is 0.467. The van der Waals surface area contributed by atoms with Crippen LogP contribution in [0.25, 0.3) is 0 Å². The number of carbonyl (C=O) groups excluding carboxylic acids is 1. The van der Waals surface area contributed by atoms with Crippen LogP contribution < -0.4 is 5.32 Å². The predicted octanol–water partition coefficient (Wildman–Crippen LogP) is 1.77. The second-order valence-electron chi connectivity index (χ2n) is 5.03. The molecule has 1 aromatic rings. The number of rotatable bonds is 3. The maximum atomic E-state index is 12.0. The number of hydrogen-bond acceptors (Lipinski definition) is 3. The number of piperidine rings is 1. The number of likely N-dealkylation sites (N-methyl/N-ethyl adjacent to an activating group) is 1. The van der Waals surface area contributed by atoms with Gasteiger partial charge in [0.15, 0.2) is 0 Å². The van der Waals surface area contributed by atoms with Crippen molar-refractivity contribution >= 4 is 5.91 Å². The number of carbonyl (C=O) groups is 1. The molecular formula is C15H19N3O. The lowest BCUT2D eigenvalue weighted by Gasteiger charge is -2.32. The van der Waals surface area contributed by atoms with Crippen molar-refractivity contribution in [2.45, 2.75) is 25.3 Å². The third-order valence-electron chi connectivity index (χ3n) is 3.70. The maximum absolute atomic E-state index is 12.0. The minimum Gasteiger partial charge on any atom is -0.350 e. The van der Waals surface area contributed by atoms with Crippen molar-refractivity contribution in [2.24, 2.45) is 0 Å². The molecular weight excluding hydrogens is 238 g/mol. The molecule has 1 heterocycles. The fourth-order valence-corrected chi connectivity index (χ4v) is 2.41. The second kappa shape index (κ2) is 6.35. The molecule has 1 atom stereocenters. The van der Waals surface area contributed by atoms with E-state index in [2.05, 4.69) is 17.3 Å². The molecule has 19 heavy (non-hydrogen) atoms. The lowest BCUT2D eigenvalue weighted by Crippen LogP contribution is -2.44. The molecule has 0 spiro atoms. The summed E-state index contributed by atoms with van der Waals surface area (Å²) < 4.78 is 0. The minimum atomic E-state index is -0.0662. The summed E-state index contributed by atoms with van der Waals surface area (Å²) >= 11 is 0. The summed E-state index contributed by atoms with van der Waals surface area (Å²) in [5, 5.41) is 11.7.